The maximum absolute atomic E-state index is 6.23. The summed E-state index contributed by atoms with van der Waals surface area (Å²) < 4.78 is 7.33. The number of halogens is 1. The first-order chi connectivity index (χ1) is 10.4. The molecule has 0 unspecified atom stereocenters. The first-order valence-corrected chi connectivity index (χ1v) is 7.27. The first-order valence-electron chi connectivity index (χ1n) is 6.89. The van der Waals surface area contributed by atoms with Gasteiger partial charge in [0.05, 0.1) is 18.2 Å². The minimum Gasteiger partial charge on any atom is -0.496 e. The van der Waals surface area contributed by atoms with E-state index in [9.17, 15) is 0 Å². The quantitative estimate of drug-likeness (QED) is 0.734. The molecule has 0 aliphatic heterocycles. The number of rotatable bonds is 2. The number of aryl methyl sites for hydroxylation is 2. The van der Waals surface area contributed by atoms with Crippen molar-refractivity contribution < 1.29 is 4.74 Å². The average Bonchev–Trinajstić information content (AvgIpc) is 2.77. The van der Waals surface area contributed by atoms with E-state index in [4.69, 9.17) is 22.1 Å². The zero-order chi connectivity index (χ0) is 16.0. The van der Waals surface area contributed by atoms with E-state index in [-0.39, 0.29) is 0 Å². The lowest BCUT2D eigenvalue weighted by Gasteiger charge is -2.16. The molecule has 2 N–H and O–H groups in total. The highest BCUT2D eigenvalue weighted by Crippen LogP contribution is 2.34. The molecule has 0 radical (unpaired) electrons. The molecule has 0 bridgehead atoms. The topological polar surface area (TPSA) is 66.0 Å². The van der Waals surface area contributed by atoms with E-state index >= 15 is 0 Å². The van der Waals surface area contributed by atoms with Gasteiger partial charge < -0.3 is 10.5 Å². The van der Waals surface area contributed by atoms with Crippen LogP contribution in [-0.2, 0) is 0 Å². The normalized spacial score (nSPS) is 11.1. The predicted octanol–water partition coefficient (Wildman–Crippen LogP) is 3.59. The van der Waals surface area contributed by atoms with Gasteiger partial charge in [0, 0.05) is 5.56 Å². The van der Waals surface area contributed by atoms with Crippen LogP contribution in [0.1, 0.15) is 17.0 Å². The van der Waals surface area contributed by atoms with Crippen LogP contribution in [0.25, 0.3) is 16.7 Å². The summed E-state index contributed by atoms with van der Waals surface area (Å²) in [6, 6.07) is 5.75. The lowest BCUT2D eigenvalue weighted by atomic mass is 10.1. The van der Waals surface area contributed by atoms with Crippen LogP contribution in [0.15, 0.2) is 18.2 Å². The van der Waals surface area contributed by atoms with Gasteiger partial charge in [0.2, 0.25) is 0 Å². The van der Waals surface area contributed by atoms with Crippen molar-refractivity contribution in [3.05, 3.63) is 40.3 Å². The molecular weight excluding hydrogens is 300 g/mol. The van der Waals surface area contributed by atoms with Crippen molar-refractivity contribution >= 4 is 28.5 Å². The molecule has 1 aromatic carbocycles. The number of fused-ring (bicyclic) bond motifs is 1. The fourth-order valence-electron chi connectivity index (χ4n) is 2.78. The molecule has 3 rings (SSSR count). The molecular formula is C16H17ClN4O. The van der Waals surface area contributed by atoms with Gasteiger partial charge in [-0.1, -0.05) is 17.7 Å². The van der Waals surface area contributed by atoms with Crippen molar-refractivity contribution in [3.8, 4) is 11.4 Å². The number of nitrogens with zero attached hydrogens (tertiary/aromatic N) is 3. The van der Waals surface area contributed by atoms with E-state index in [1.807, 2.05) is 37.5 Å². The lowest BCUT2D eigenvalue weighted by molar-refractivity contribution is 0.411. The molecule has 3 aromatic rings. The average molecular weight is 317 g/mol. The first kappa shape index (κ1) is 14.7. The standard InChI is InChI=1S/C16H17ClN4O/c1-8-5-6-12(22-4)9(2)14(8)21-13(18)7-11-15(17)19-10(3)20-16(11)21/h5-7H,18H2,1-4H3. The number of hydrogen-bond acceptors (Lipinski definition) is 4. The van der Waals surface area contributed by atoms with Crippen LogP contribution in [0, 0.1) is 20.8 Å². The van der Waals surface area contributed by atoms with Crippen LogP contribution in [0.5, 0.6) is 5.75 Å². The number of ether oxygens (including phenoxy) is 1. The van der Waals surface area contributed by atoms with Gasteiger partial charge in [-0.15, -0.1) is 0 Å². The summed E-state index contributed by atoms with van der Waals surface area (Å²) in [5.41, 5.74) is 9.97. The summed E-state index contributed by atoms with van der Waals surface area (Å²) in [5, 5.41) is 1.15. The van der Waals surface area contributed by atoms with Gasteiger partial charge in [-0.2, -0.15) is 0 Å². The van der Waals surface area contributed by atoms with Gasteiger partial charge in [0.15, 0.2) is 5.65 Å². The second kappa shape index (κ2) is 5.18. The molecule has 0 atom stereocenters. The molecule has 0 amide bonds. The lowest BCUT2D eigenvalue weighted by Crippen LogP contribution is -2.06. The summed E-state index contributed by atoms with van der Waals surface area (Å²) in [6.07, 6.45) is 0. The highest BCUT2D eigenvalue weighted by molar-refractivity contribution is 6.34. The molecule has 6 heteroatoms. The highest BCUT2D eigenvalue weighted by atomic mass is 35.5. The summed E-state index contributed by atoms with van der Waals surface area (Å²) in [4.78, 5) is 8.71. The van der Waals surface area contributed by atoms with Crippen molar-refractivity contribution in [1.82, 2.24) is 14.5 Å². The Balaban J connectivity index is 2.43. The van der Waals surface area contributed by atoms with Crippen LogP contribution in [0.2, 0.25) is 5.15 Å². The fourth-order valence-corrected chi connectivity index (χ4v) is 3.04. The number of nitrogens with two attached hydrogens (primary N) is 1. The largest absolute Gasteiger partial charge is 0.496 e. The number of hydrogen-bond donors (Lipinski definition) is 1. The Kier molecular flexibility index (Phi) is 3.45. The molecule has 0 aliphatic carbocycles. The van der Waals surface area contributed by atoms with E-state index in [2.05, 4.69) is 9.97 Å². The molecule has 0 aliphatic rings. The summed E-state index contributed by atoms with van der Waals surface area (Å²) >= 11 is 6.23. The Morgan fingerprint density at radius 2 is 1.91 bits per heavy atom. The zero-order valence-electron chi connectivity index (χ0n) is 12.9. The summed E-state index contributed by atoms with van der Waals surface area (Å²) in [5.74, 6) is 1.98. The summed E-state index contributed by atoms with van der Waals surface area (Å²) in [6.45, 7) is 5.84. The van der Waals surface area contributed by atoms with Crippen LogP contribution >= 0.6 is 11.6 Å². The van der Waals surface area contributed by atoms with Crippen LogP contribution < -0.4 is 10.5 Å². The number of methoxy groups -OCH3 is 1. The Bertz CT molecular complexity index is 886. The van der Waals surface area contributed by atoms with E-state index < -0.39 is 0 Å². The van der Waals surface area contributed by atoms with Crippen molar-refractivity contribution in [2.75, 3.05) is 12.8 Å². The van der Waals surface area contributed by atoms with Crippen molar-refractivity contribution in [1.29, 1.82) is 0 Å². The Labute approximate surface area is 133 Å². The van der Waals surface area contributed by atoms with E-state index in [0.29, 0.717) is 22.4 Å². The Morgan fingerprint density at radius 3 is 2.59 bits per heavy atom. The molecule has 0 saturated heterocycles. The predicted molar refractivity (Wildman–Crippen MR) is 89.1 cm³/mol. The van der Waals surface area contributed by atoms with Crippen molar-refractivity contribution in [3.63, 3.8) is 0 Å². The number of aromatic nitrogens is 3. The van der Waals surface area contributed by atoms with Crippen LogP contribution in [0.4, 0.5) is 5.82 Å². The van der Waals surface area contributed by atoms with Crippen molar-refractivity contribution in [2.45, 2.75) is 20.8 Å². The molecule has 2 heterocycles. The third-order valence-corrected chi connectivity index (χ3v) is 4.07. The molecule has 22 heavy (non-hydrogen) atoms. The second-order valence-electron chi connectivity index (χ2n) is 5.26. The minimum atomic E-state index is 0.408. The summed E-state index contributed by atoms with van der Waals surface area (Å²) in [7, 11) is 1.65. The van der Waals surface area contributed by atoms with E-state index in [1.54, 1.807) is 13.2 Å². The molecule has 5 nitrogen and oxygen atoms in total. The van der Waals surface area contributed by atoms with E-state index in [1.165, 1.54) is 0 Å². The van der Waals surface area contributed by atoms with Gasteiger partial charge in [0.25, 0.3) is 0 Å². The number of benzene rings is 1. The van der Waals surface area contributed by atoms with E-state index in [0.717, 1.165) is 28.0 Å². The van der Waals surface area contributed by atoms with Gasteiger partial charge in [-0.05, 0) is 38.5 Å². The SMILES string of the molecule is COc1ccc(C)c(-n2c(N)cc3c(Cl)nc(C)nc32)c1C. The third kappa shape index (κ3) is 2.09. The van der Waals surface area contributed by atoms with Crippen LogP contribution in [0.3, 0.4) is 0 Å². The monoisotopic (exact) mass is 316 g/mol. The zero-order valence-corrected chi connectivity index (χ0v) is 13.7. The smallest absolute Gasteiger partial charge is 0.151 e. The highest BCUT2D eigenvalue weighted by Gasteiger charge is 2.18. The molecule has 0 spiro atoms. The Hall–Kier alpha value is -2.27. The third-order valence-electron chi connectivity index (χ3n) is 3.78. The van der Waals surface area contributed by atoms with Crippen molar-refractivity contribution in [2.24, 2.45) is 0 Å². The molecule has 0 fully saturated rings. The number of nitrogen functional groups attached to an aromatic ring is 1. The maximum atomic E-state index is 6.23. The van der Waals surface area contributed by atoms with Gasteiger partial charge in [-0.25, -0.2) is 9.97 Å². The van der Waals surface area contributed by atoms with Gasteiger partial charge in [0.1, 0.15) is 22.5 Å². The molecule has 114 valence electrons. The molecule has 2 aromatic heterocycles. The molecule has 0 saturated carbocycles. The van der Waals surface area contributed by atoms with Gasteiger partial charge in [-0.3, -0.25) is 4.57 Å². The minimum absolute atomic E-state index is 0.408. The number of anilines is 1. The maximum Gasteiger partial charge on any atom is 0.151 e. The fraction of sp³-hybridized carbons (Fsp3) is 0.250. The second-order valence-corrected chi connectivity index (χ2v) is 5.62. The van der Waals surface area contributed by atoms with Gasteiger partial charge >= 0.3 is 0 Å². The Morgan fingerprint density at radius 1 is 1.18 bits per heavy atom. The van der Waals surface area contributed by atoms with Crippen LogP contribution in [-0.4, -0.2) is 21.6 Å².